The number of fused-ring (bicyclic) bond motifs is 1. The molecule has 0 fully saturated rings. The summed E-state index contributed by atoms with van der Waals surface area (Å²) in [5, 5.41) is 5.61. The van der Waals surface area contributed by atoms with Gasteiger partial charge in [0.15, 0.2) is 11.5 Å². The molecular weight excluding hydrogens is 388 g/mol. The van der Waals surface area contributed by atoms with E-state index in [2.05, 4.69) is 10.6 Å². The Kier molecular flexibility index (Phi) is 5.48. The third-order valence-electron chi connectivity index (χ3n) is 4.40. The maximum Gasteiger partial charge on any atom is 0.265 e. The number of hydrogen-bond donors (Lipinski definition) is 2. The molecule has 0 atom stereocenters. The summed E-state index contributed by atoms with van der Waals surface area (Å²) in [7, 11) is 0. The lowest BCUT2D eigenvalue weighted by molar-refractivity contribution is 0.0955. The van der Waals surface area contributed by atoms with Crippen LogP contribution in [0.1, 0.15) is 27.0 Å². The van der Waals surface area contributed by atoms with Crippen molar-refractivity contribution in [2.45, 2.75) is 6.92 Å². The molecule has 2 heterocycles. The molecule has 29 heavy (non-hydrogen) atoms. The van der Waals surface area contributed by atoms with Crippen LogP contribution in [0.4, 0.5) is 5.69 Å². The highest BCUT2D eigenvalue weighted by molar-refractivity contribution is 7.17. The maximum absolute atomic E-state index is 12.6. The van der Waals surface area contributed by atoms with Crippen molar-refractivity contribution in [2.75, 3.05) is 25.1 Å². The summed E-state index contributed by atoms with van der Waals surface area (Å²) in [6.45, 7) is 3.53. The lowest BCUT2D eigenvalue weighted by Crippen LogP contribution is -2.22. The fourth-order valence-electron chi connectivity index (χ4n) is 2.97. The van der Waals surface area contributed by atoms with Gasteiger partial charge in [-0.05, 0) is 67.1 Å². The highest BCUT2D eigenvalue weighted by Crippen LogP contribution is 2.37. The van der Waals surface area contributed by atoms with Crippen molar-refractivity contribution in [3.8, 4) is 21.9 Å². The normalized spacial score (nSPS) is 12.3. The fourth-order valence-corrected chi connectivity index (χ4v) is 3.87. The molecule has 1 aliphatic heterocycles. The molecule has 1 aliphatic rings. The van der Waals surface area contributed by atoms with Gasteiger partial charge in [-0.15, -0.1) is 11.3 Å². The zero-order valence-electron chi connectivity index (χ0n) is 15.9. The number of anilines is 1. The molecule has 0 spiro atoms. The van der Waals surface area contributed by atoms with Crippen molar-refractivity contribution in [1.82, 2.24) is 5.32 Å². The third kappa shape index (κ3) is 4.25. The van der Waals surface area contributed by atoms with Gasteiger partial charge in [-0.2, -0.15) is 0 Å². The van der Waals surface area contributed by atoms with E-state index in [1.54, 1.807) is 30.3 Å². The van der Waals surface area contributed by atoms with Gasteiger partial charge in [-0.25, -0.2) is 0 Å². The smallest absolute Gasteiger partial charge is 0.265 e. The first-order valence-electron chi connectivity index (χ1n) is 9.33. The fraction of sp³-hybridized carbons (Fsp3) is 0.182. The number of thiophene rings is 1. The van der Waals surface area contributed by atoms with Gasteiger partial charge in [-0.3, -0.25) is 9.59 Å². The van der Waals surface area contributed by atoms with E-state index < -0.39 is 0 Å². The van der Waals surface area contributed by atoms with Crippen LogP contribution >= 0.6 is 11.3 Å². The standard InChI is InChI=1S/C22H20N2O4S/c1-2-23-21(25)14-3-6-16(7-4-14)24-22(26)20-10-9-19(29-20)15-5-8-17-18(13-15)28-12-11-27-17/h3-10,13H,2,11-12H2,1H3,(H,23,25)(H,24,26). The summed E-state index contributed by atoms with van der Waals surface area (Å²) in [5.41, 5.74) is 2.17. The molecule has 2 aromatic carbocycles. The number of ether oxygens (including phenoxy) is 2. The number of carbonyl (C=O) groups is 2. The van der Waals surface area contributed by atoms with Crippen molar-refractivity contribution in [1.29, 1.82) is 0 Å². The second-order valence-electron chi connectivity index (χ2n) is 6.41. The minimum atomic E-state index is -0.190. The molecule has 1 aromatic heterocycles. The predicted octanol–water partition coefficient (Wildman–Crippen LogP) is 4.19. The molecule has 6 nitrogen and oxygen atoms in total. The van der Waals surface area contributed by atoms with Crippen LogP contribution in [0.3, 0.4) is 0 Å². The van der Waals surface area contributed by atoms with E-state index in [4.69, 9.17) is 9.47 Å². The van der Waals surface area contributed by atoms with E-state index in [0.29, 0.717) is 35.9 Å². The molecule has 2 amide bonds. The van der Waals surface area contributed by atoms with Crippen LogP contribution in [0.5, 0.6) is 11.5 Å². The Morgan fingerprint density at radius 1 is 0.931 bits per heavy atom. The second kappa shape index (κ2) is 8.36. The Hall–Kier alpha value is -3.32. The van der Waals surface area contributed by atoms with E-state index in [9.17, 15) is 9.59 Å². The monoisotopic (exact) mass is 408 g/mol. The molecule has 0 saturated carbocycles. The molecule has 7 heteroatoms. The predicted molar refractivity (Wildman–Crippen MR) is 113 cm³/mol. The maximum atomic E-state index is 12.6. The molecule has 0 saturated heterocycles. The van der Waals surface area contributed by atoms with Gasteiger partial charge >= 0.3 is 0 Å². The lowest BCUT2D eigenvalue weighted by atomic mass is 10.1. The van der Waals surface area contributed by atoms with Crippen LogP contribution in [-0.4, -0.2) is 31.6 Å². The summed E-state index contributed by atoms with van der Waals surface area (Å²) < 4.78 is 11.2. The van der Waals surface area contributed by atoms with E-state index in [0.717, 1.165) is 21.9 Å². The molecule has 4 rings (SSSR count). The summed E-state index contributed by atoms with van der Waals surface area (Å²) in [6.07, 6.45) is 0. The second-order valence-corrected chi connectivity index (χ2v) is 7.50. The lowest BCUT2D eigenvalue weighted by Gasteiger charge is -2.18. The van der Waals surface area contributed by atoms with Crippen molar-refractivity contribution in [3.05, 3.63) is 65.0 Å². The Bertz CT molecular complexity index is 1040. The van der Waals surface area contributed by atoms with E-state index >= 15 is 0 Å². The van der Waals surface area contributed by atoms with Crippen LogP contribution in [0, 0.1) is 0 Å². The van der Waals surface area contributed by atoms with Gasteiger partial charge in [0.2, 0.25) is 0 Å². The van der Waals surface area contributed by atoms with Gasteiger partial charge in [0, 0.05) is 22.7 Å². The molecule has 0 aliphatic carbocycles. The average Bonchev–Trinajstić information content (AvgIpc) is 3.24. The van der Waals surface area contributed by atoms with Crippen molar-refractivity contribution in [3.63, 3.8) is 0 Å². The van der Waals surface area contributed by atoms with Gasteiger partial charge in [0.05, 0.1) is 4.88 Å². The zero-order valence-corrected chi connectivity index (χ0v) is 16.7. The largest absolute Gasteiger partial charge is 0.486 e. The van der Waals surface area contributed by atoms with E-state index in [1.165, 1.54) is 11.3 Å². The first-order valence-corrected chi connectivity index (χ1v) is 10.1. The number of nitrogens with one attached hydrogen (secondary N) is 2. The first kappa shape index (κ1) is 19.0. The average molecular weight is 408 g/mol. The topological polar surface area (TPSA) is 76.7 Å². The van der Waals surface area contributed by atoms with Gasteiger partial charge in [0.1, 0.15) is 13.2 Å². The molecular formula is C22H20N2O4S. The van der Waals surface area contributed by atoms with Crippen molar-refractivity contribution in [2.24, 2.45) is 0 Å². The Morgan fingerprint density at radius 2 is 1.69 bits per heavy atom. The molecule has 2 N–H and O–H groups in total. The van der Waals surface area contributed by atoms with Crippen LogP contribution in [0.15, 0.2) is 54.6 Å². The molecule has 3 aromatic rings. The Morgan fingerprint density at radius 3 is 2.45 bits per heavy atom. The van der Waals surface area contributed by atoms with Gasteiger partial charge in [0.25, 0.3) is 11.8 Å². The van der Waals surface area contributed by atoms with Gasteiger partial charge in [-0.1, -0.05) is 0 Å². The van der Waals surface area contributed by atoms with Crippen LogP contribution in [0.2, 0.25) is 0 Å². The quantitative estimate of drug-likeness (QED) is 0.664. The number of carbonyl (C=O) groups excluding carboxylic acids is 2. The Labute approximate surface area is 172 Å². The summed E-state index contributed by atoms with van der Waals surface area (Å²) in [4.78, 5) is 26.0. The molecule has 148 valence electrons. The van der Waals surface area contributed by atoms with E-state index in [-0.39, 0.29) is 11.8 Å². The number of amides is 2. The van der Waals surface area contributed by atoms with Crippen LogP contribution in [-0.2, 0) is 0 Å². The number of hydrogen-bond acceptors (Lipinski definition) is 5. The molecule has 0 bridgehead atoms. The minimum Gasteiger partial charge on any atom is -0.486 e. The van der Waals surface area contributed by atoms with Crippen LogP contribution in [0.25, 0.3) is 10.4 Å². The Balaban J connectivity index is 1.45. The van der Waals surface area contributed by atoms with E-state index in [1.807, 2.05) is 31.2 Å². The SMILES string of the molecule is CCNC(=O)c1ccc(NC(=O)c2ccc(-c3ccc4c(c3)OCCO4)s2)cc1. The highest BCUT2D eigenvalue weighted by Gasteiger charge is 2.15. The summed E-state index contributed by atoms with van der Waals surface area (Å²) >= 11 is 1.41. The molecule has 0 radical (unpaired) electrons. The number of benzene rings is 2. The van der Waals surface area contributed by atoms with Crippen molar-refractivity contribution >= 4 is 28.8 Å². The highest BCUT2D eigenvalue weighted by atomic mass is 32.1. The third-order valence-corrected chi connectivity index (χ3v) is 5.53. The minimum absolute atomic E-state index is 0.132. The zero-order chi connectivity index (χ0) is 20.2. The summed E-state index contributed by atoms with van der Waals surface area (Å²) in [6, 6.07) is 16.3. The number of rotatable bonds is 5. The van der Waals surface area contributed by atoms with Crippen molar-refractivity contribution < 1.29 is 19.1 Å². The first-order chi connectivity index (χ1) is 14.1. The molecule has 0 unspecified atom stereocenters. The summed E-state index contributed by atoms with van der Waals surface area (Å²) in [5.74, 6) is 1.14. The van der Waals surface area contributed by atoms with Gasteiger partial charge < -0.3 is 20.1 Å². The van der Waals surface area contributed by atoms with Crippen LogP contribution < -0.4 is 20.1 Å².